The van der Waals surface area contributed by atoms with Gasteiger partial charge in [0.05, 0.1) is 10.6 Å². The zero-order valence-corrected chi connectivity index (χ0v) is 9.35. The summed E-state index contributed by atoms with van der Waals surface area (Å²) in [6, 6.07) is 5.57. The lowest BCUT2D eigenvalue weighted by atomic mass is 10.1. The summed E-state index contributed by atoms with van der Waals surface area (Å²) in [6.07, 6.45) is 0. The number of benzene rings is 1. The molecule has 0 atom stereocenters. The third-order valence-electron chi connectivity index (χ3n) is 1.86. The van der Waals surface area contributed by atoms with E-state index in [1.807, 2.05) is 32.9 Å². The first-order valence-corrected chi connectivity index (χ1v) is 4.96. The van der Waals surface area contributed by atoms with Gasteiger partial charge in [-0.2, -0.15) is 0 Å². The summed E-state index contributed by atoms with van der Waals surface area (Å²) in [5.74, 6) is -0.117. The van der Waals surface area contributed by atoms with Crippen LogP contribution in [0.2, 0.25) is 5.02 Å². The van der Waals surface area contributed by atoms with Crippen LogP contribution >= 0.6 is 11.6 Å². The van der Waals surface area contributed by atoms with Gasteiger partial charge in [0, 0.05) is 6.04 Å². The van der Waals surface area contributed by atoms with Gasteiger partial charge in [-0.15, -0.1) is 0 Å². The highest BCUT2D eigenvalue weighted by Gasteiger charge is 2.11. The molecule has 0 aliphatic carbocycles. The van der Waals surface area contributed by atoms with Gasteiger partial charge in [0.15, 0.2) is 0 Å². The van der Waals surface area contributed by atoms with Gasteiger partial charge in [-0.3, -0.25) is 4.79 Å². The van der Waals surface area contributed by atoms with Crippen LogP contribution in [0.5, 0.6) is 0 Å². The van der Waals surface area contributed by atoms with Crippen LogP contribution in [0.25, 0.3) is 0 Å². The molecule has 0 heterocycles. The smallest absolute Gasteiger partial charge is 0.252 e. The van der Waals surface area contributed by atoms with Crippen molar-refractivity contribution >= 4 is 17.5 Å². The quantitative estimate of drug-likeness (QED) is 0.801. The second kappa shape index (κ2) is 4.47. The first-order chi connectivity index (χ1) is 6.52. The largest absolute Gasteiger partial charge is 0.350 e. The number of rotatable bonds is 2. The molecule has 1 amide bonds. The topological polar surface area (TPSA) is 29.1 Å². The molecule has 1 aromatic rings. The van der Waals surface area contributed by atoms with Crippen LogP contribution in [-0.2, 0) is 0 Å². The average Bonchev–Trinajstić information content (AvgIpc) is 2.08. The molecule has 0 bridgehead atoms. The first kappa shape index (κ1) is 11.1. The number of hydrogen-bond acceptors (Lipinski definition) is 1. The fourth-order valence-electron chi connectivity index (χ4n) is 1.16. The standard InChI is InChI=1S/C11H14ClNO/c1-7(2)13-11(14)9-6-4-5-8(3)10(9)12/h4-7H,1-3H3,(H,13,14). The maximum absolute atomic E-state index is 11.6. The summed E-state index contributed by atoms with van der Waals surface area (Å²) in [7, 11) is 0. The number of carbonyl (C=O) groups excluding carboxylic acids is 1. The van der Waals surface area contributed by atoms with Crippen molar-refractivity contribution < 1.29 is 4.79 Å². The highest BCUT2D eigenvalue weighted by atomic mass is 35.5. The molecular formula is C11H14ClNO. The summed E-state index contributed by atoms with van der Waals surface area (Å²) in [5, 5.41) is 3.34. The summed E-state index contributed by atoms with van der Waals surface area (Å²) < 4.78 is 0. The van der Waals surface area contributed by atoms with E-state index >= 15 is 0 Å². The summed E-state index contributed by atoms with van der Waals surface area (Å²) >= 11 is 6.01. The van der Waals surface area contributed by atoms with Gasteiger partial charge in [-0.05, 0) is 32.4 Å². The SMILES string of the molecule is Cc1cccc(C(=O)NC(C)C)c1Cl. The second-order valence-corrected chi connectivity index (χ2v) is 3.94. The van der Waals surface area contributed by atoms with Crippen LogP contribution in [0, 0.1) is 6.92 Å². The van der Waals surface area contributed by atoms with E-state index in [1.54, 1.807) is 6.07 Å². The van der Waals surface area contributed by atoms with Crippen molar-refractivity contribution in [2.24, 2.45) is 0 Å². The van der Waals surface area contributed by atoms with Crippen molar-refractivity contribution in [3.63, 3.8) is 0 Å². The molecule has 1 rings (SSSR count). The lowest BCUT2D eigenvalue weighted by Crippen LogP contribution is -2.30. The maximum atomic E-state index is 11.6. The molecule has 1 aromatic carbocycles. The van der Waals surface area contributed by atoms with Crippen LogP contribution in [-0.4, -0.2) is 11.9 Å². The number of carbonyl (C=O) groups is 1. The van der Waals surface area contributed by atoms with Crippen LogP contribution in [0.3, 0.4) is 0 Å². The van der Waals surface area contributed by atoms with Crippen molar-refractivity contribution in [1.82, 2.24) is 5.32 Å². The first-order valence-electron chi connectivity index (χ1n) is 4.58. The zero-order valence-electron chi connectivity index (χ0n) is 8.60. The van der Waals surface area contributed by atoms with E-state index in [9.17, 15) is 4.79 Å². The van der Waals surface area contributed by atoms with Gasteiger partial charge in [0.2, 0.25) is 0 Å². The maximum Gasteiger partial charge on any atom is 0.252 e. The van der Waals surface area contributed by atoms with Gasteiger partial charge >= 0.3 is 0 Å². The van der Waals surface area contributed by atoms with E-state index in [4.69, 9.17) is 11.6 Å². The molecule has 0 spiro atoms. The Morgan fingerprint density at radius 2 is 2.07 bits per heavy atom. The Balaban J connectivity index is 2.96. The van der Waals surface area contributed by atoms with E-state index in [2.05, 4.69) is 5.32 Å². The minimum absolute atomic E-state index is 0.117. The van der Waals surface area contributed by atoms with Crippen molar-refractivity contribution in [2.45, 2.75) is 26.8 Å². The van der Waals surface area contributed by atoms with E-state index in [0.29, 0.717) is 10.6 Å². The van der Waals surface area contributed by atoms with Gasteiger partial charge < -0.3 is 5.32 Å². The number of aryl methyl sites for hydroxylation is 1. The molecule has 0 fully saturated rings. The Bertz CT molecular complexity index is 347. The van der Waals surface area contributed by atoms with Gasteiger partial charge in [-0.25, -0.2) is 0 Å². The molecule has 0 unspecified atom stereocenters. The van der Waals surface area contributed by atoms with Crippen LogP contribution < -0.4 is 5.32 Å². The van der Waals surface area contributed by atoms with Gasteiger partial charge in [-0.1, -0.05) is 23.7 Å². The van der Waals surface area contributed by atoms with E-state index in [0.717, 1.165) is 5.56 Å². The Morgan fingerprint density at radius 3 is 2.64 bits per heavy atom. The third-order valence-corrected chi connectivity index (χ3v) is 2.36. The van der Waals surface area contributed by atoms with Gasteiger partial charge in [0.25, 0.3) is 5.91 Å². The molecule has 76 valence electrons. The van der Waals surface area contributed by atoms with Crippen molar-refractivity contribution in [2.75, 3.05) is 0 Å². The van der Waals surface area contributed by atoms with Crippen molar-refractivity contribution in [3.05, 3.63) is 34.3 Å². The zero-order chi connectivity index (χ0) is 10.7. The van der Waals surface area contributed by atoms with Crippen molar-refractivity contribution in [3.8, 4) is 0 Å². The summed E-state index contributed by atoms with van der Waals surface area (Å²) in [4.78, 5) is 11.6. The highest BCUT2D eigenvalue weighted by Crippen LogP contribution is 2.19. The highest BCUT2D eigenvalue weighted by molar-refractivity contribution is 6.34. The van der Waals surface area contributed by atoms with E-state index in [1.165, 1.54) is 0 Å². The molecule has 0 aromatic heterocycles. The number of hydrogen-bond donors (Lipinski definition) is 1. The lowest BCUT2D eigenvalue weighted by molar-refractivity contribution is 0.0943. The predicted molar refractivity (Wildman–Crippen MR) is 58.8 cm³/mol. The van der Waals surface area contributed by atoms with Crippen molar-refractivity contribution in [1.29, 1.82) is 0 Å². The Kier molecular flexibility index (Phi) is 3.53. The van der Waals surface area contributed by atoms with Crippen LogP contribution in [0.1, 0.15) is 29.8 Å². The average molecular weight is 212 g/mol. The van der Waals surface area contributed by atoms with E-state index < -0.39 is 0 Å². The minimum Gasteiger partial charge on any atom is -0.350 e. The van der Waals surface area contributed by atoms with E-state index in [-0.39, 0.29) is 11.9 Å². The number of halogens is 1. The minimum atomic E-state index is -0.117. The third kappa shape index (κ3) is 2.48. The Hall–Kier alpha value is -1.02. The molecular weight excluding hydrogens is 198 g/mol. The van der Waals surface area contributed by atoms with Crippen LogP contribution in [0.15, 0.2) is 18.2 Å². The lowest BCUT2D eigenvalue weighted by Gasteiger charge is -2.10. The molecule has 2 nitrogen and oxygen atoms in total. The second-order valence-electron chi connectivity index (χ2n) is 3.56. The molecule has 0 saturated heterocycles. The molecule has 14 heavy (non-hydrogen) atoms. The number of amides is 1. The fraction of sp³-hybridized carbons (Fsp3) is 0.364. The van der Waals surface area contributed by atoms with Crippen LogP contribution in [0.4, 0.5) is 0 Å². The molecule has 3 heteroatoms. The molecule has 1 N–H and O–H groups in total. The number of nitrogens with one attached hydrogen (secondary N) is 1. The molecule has 0 aliphatic heterocycles. The molecule has 0 saturated carbocycles. The predicted octanol–water partition coefficient (Wildman–Crippen LogP) is 2.79. The fourth-order valence-corrected chi connectivity index (χ4v) is 1.37. The molecule has 0 aliphatic rings. The normalized spacial score (nSPS) is 10.4. The Labute approximate surface area is 89.3 Å². The summed E-state index contributed by atoms with van der Waals surface area (Å²) in [5.41, 5.74) is 1.46. The summed E-state index contributed by atoms with van der Waals surface area (Å²) in [6.45, 7) is 5.72. The molecule has 0 radical (unpaired) electrons. The van der Waals surface area contributed by atoms with Gasteiger partial charge in [0.1, 0.15) is 0 Å². The monoisotopic (exact) mass is 211 g/mol. The Morgan fingerprint density at radius 1 is 1.43 bits per heavy atom.